The van der Waals surface area contributed by atoms with Gasteiger partial charge in [0.1, 0.15) is 19.0 Å². The molecule has 1 rings (SSSR count). The number of carbonyl (C=O) groups is 1. The fourth-order valence-electron chi connectivity index (χ4n) is 1.34. The van der Waals surface area contributed by atoms with Gasteiger partial charge in [0.2, 0.25) is 5.91 Å². The molecule has 0 aliphatic rings. The minimum absolute atomic E-state index is 0.0699. The molecule has 0 aromatic heterocycles. The Morgan fingerprint density at radius 3 is 2.63 bits per heavy atom. The number of hydrogen-bond donors (Lipinski definition) is 2. The van der Waals surface area contributed by atoms with Crippen molar-refractivity contribution in [3.8, 4) is 5.75 Å². The van der Waals surface area contributed by atoms with Crippen molar-refractivity contribution in [2.24, 2.45) is 5.73 Å². The van der Waals surface area contributed by atoms with Crippen LogP contribution in [0.2, 0.25) is 0 Å². The number of ether oxygens (including phenoxy) is 2. The lowest BCUT2D eigenvalue weighted by atomic mass is 10.3. The van der Waals surface area contributed by atoms with E-state index in [9.17, 15) is 4.79 Å². The Hall–Kier alpha value is -1.59. The summed E-state index contributed by atoms with van der Waals surface area (Å²) in [6.45, 7) is 4.99. The molecule has 0 saturated carbocycles. The first-order valence-electron chi connectivity index (χ1n) is 6.50. The number of rotatable bonds is 8. The van der Waals surface area contributed by atoms with Gasteiger partial charge in [-0.25, -0.2) is 0 Å². The molecule has 1 aromatic carbocycles. The lowest BCUT2D eigenvalue weighted by molar-refractivity contribution is -0.122. The topological polar surface area (TPSA) is 73.6 Å². The quantitative estimate of drug-likeness (QED) is 0.752. The maximum Gasteiger partial charge on any atom is 0.250 e. The molecule has 3 N–H and O–H groups in total. The van der Waals surface area contributed by atoms with Crippen LogP contribution in [-0.2, 0) is 9.53 Å². The van der Waals surface area contributed by atoms with Crippen LogP contribution in [0.3, 0.4) is 0 Å². The molecule has 5 heteroatoms. The van der Waals surface area contributed by atoms with Crippen molar-refractivity contribution >= 4 is 11.6 Å². The second-order valence-electron chi connectivity index (χ2n) is 4.24. The Morgan fingerprint density at radius 2 is 2.05 bits per heavy atom. The highest BCUT2D eigenvalue weighted by atomic mass is 16.5. The summed E-state index contributed by atoms with van der Waals surface area (Å²) in [5, 5.41) is 2.76. The number of amides is 1. The van der Waals surface area contributed by atoms with Crippen LogP contribution in [0.4, 0.5) is 5.69 Å². The van der Waals surface area contributed by atoms with Crippen LogP contribution in [0.25, 0.3) is 0 Å². The third-order valence-electron chi connectivity index (χ3n) is 2.60. The number of nitrogens with two attached hydrogens (primary N) is 1. The minimum atomic E-state index is -0.157. The Morgan fingerprint density at radius 1 is 1.37 bits per heavy atom. The van der Waals surface area contributed by atoms with E-state index in [-0.39, 0.29) is 18.6 Å². The lowest BCUT2D eigenvalue weighted by Gasteiger charge is -2.11. The number of hydrogen-bond acceptors (Lipinski definition) is 4. The van der Waals surface area contributed by atoms with Crippen molar-refractivity contribution in [3.63, 3.8) is 0 Å². The summed E-state index contributed by atoms with van der Waals surface area (Å²) in [7, 11) is 0. The van der Waals surface area contributed by atoms with E-state index in [2.05, 4.69) is 5.32 Å². The zero-order valence-electron chi connectivity index (χ0n) is 11.5. The van der Waals surface area contributed by atoms with E-state index in [4.69, 9.17) is 15.2 Å². The Balaban J connectivity index is 2.37. The first-order chi connectivity index (χ1) is 9.15. The van der Waals surface area contributed by atoms with E-state index in [1.807, 2.05) is 13.8 Å². The molecule has 0 bridgehead atoms. The molecular formula is C14H22N2O3. The average molecular weight is 266 g/mol. The molecule has 0 fully saturated rings. The van der Waals surface area contributed by atoms with Crippen LogP contribution >= 0.6 is 0 Å². The highest BCUT2D eigenvalue weighted by molar-refractivity contribution is 5.91. The second kappa shape index (κ2) is 8.50. The van der Waals surface area contributed by atoms with Gasteiger partial charge < -0.3 is 20.5 Å². The van der Waals surface area contributed by atoms with Crippen LogP contribution in [0.1, 0.15) is 20.3 Å². The molecule has 106 valence electrons. The molecule has 0 spiro atoms. The Labute approximate surface area is 114 Å². The summed E-state index contributed by atoms with van der Waals surface area (Å²) >= 11 is 0. The highest BCUT2D eigenvalue weighted by Gasteiger charge is 2.05. The van der Waals surface area contributed by atoms with Gasteiger partial charge in [-0.2, -0.15) is 0 Å². The third-order valence-corrected chi connectivity index (χ3v) is 2.60. The summed E-state index contributed by atoms with van der Waals surface area (Å²) in [5.74, 6) is 0.579. The third kappa shape index (κ3) is 6.22. The number of benzene rings is 1. The van der Waals surface area contributed by atoms with Gasteiger partial charge in [-0.15, -0.1) is 0 Å². The van der Waals surface area contributed by atoms with Crippen molar-refractivity contribution in [2.75, 3.05) is 25.1 Å². The SMILES string of the molecule is CCC(C)OCC(=O)Nc1ccc(OCCN)cc1. The fraction of sp³-hybridized carbons (Fsp3) is 0.500. The summed E-state index contributed by atoms with van der Waals surface area (Å²) in [5.41, 5.74) is 6.07. The average Bonchev–Trinajstić information content (AvgIpc) is 2.44. The fourth-order valence-corrected chi connectivity index (χ4v) is 1.34. The molecule has 0 heterocycles. The first-order valence-corrected chi connectivity index (χ1v) is 6.50. The zero-order chi connectivity index (χ0) is 14.1. The highest BCUT2D eigenvalue weighted by Crippen LogP contribution is 2.15. The number of carbonyl (C=O) groups excluding carboxylic acids is 1. The predicted molar refractivity (Wildman–Crippen MR) is 75.3 cm³/mol. The maximum absolute atomic E-state index is 11.6. The molecule has 0 aliphatic carbocycles. The van der Waals surface area contributed by atoms with Crippen LogP contribution < -0.4 is 15.8 Å². The van der Waals surface area contributed by atoms with Crippen molar-refractivity contribution in [3.05, 3.63) is 24.3 Å². The van der Waals surface area contributed by atoms with E-state index in [1.165, 1.54) is 0 Å². The van der Waals surface area contributed by atoms with Crippen LogP contribution in [0, 0.1) is 0 Å². The van der Waals surface area contributed by atoms with Gasteiger partial charge in [0, 0.05) is 12.2 Å². The summed E-state index contributed by atoms with van der Waals surface area (Å²) in [6, 6.07) is 7.15. The monoisotopic (exact) mass is 266 g/mol. The molecule has 1 unspecified atom stereocenters. The molecule has 1 aromatic rings. The van der Waals surface area contributed by atoms with Gasteiger partial charge in [0.15, 0.2) is 0 Å². The summed E-state index contributed by atoms with van der Waals surface area (Å²) in [6.07, 6.45) is 0.985. The van der Waals surface area contributed by atoms with Gasteiger partial charge in [-0.1, -0.05) is 6.92 Å². The van der Waals surface area contributed by atoms with Gasteiger partial charge in [0.25, 0.3) is 0 Å². The maximum atomic E-state index is 11.6. The molecule has 1 amide bonds. The molecule has 1 atom stereocenters. The van der Waals surface area contributed by atoms with Crippen molar-refractivity contribution in [1.29, 1.82) is 0 Å². The molecule has 19 heavy (non-hydrogen) atoms. The standard InChI is InChI=1S/C14H22N2O3/c1-3-11(2)19-10-14(17)16-12-4-6-13(7-5-12)18-9-8-15/h4-7,11H,3,8-10,15H2,1-2H3,(H,16,17). The smallest absolute Gasteiger partial charge is 0.250 e. The van der Waals surface area contributed by atoms with E-state index < -0.39 is 0 Å². The summed E-state index contributed by atoms with van der Waals surface area (Å²) < 4.78 is 10.7. The van der Waals surface area contributed by atoms with E-state index in [1.54, 1.807) is 24.3 Å². The van der Waals surface area contributed by atoms with Crippen LogP contribution in [0.5, 0.6) is 5.75 Å². The lowest BCUT2D eigenvalue weighted by Crippen LogP contribution is -2.21. The van der Waals surface area contributed by atoms with Crippen molar-refractivity contribution in [1.82, 2.24) is 0 Å². The normalized spacial score (nSPS) is 11.9. The minimum Gasteiger partial charge on any atom is -0.492 e. The van der Waals surface area contributed by atoms with E-state index in [0.29, 0.717) is 13.2 Å². The summed E-state index contributed by atoms with van der Waals surface area (Å²) in [4.78, 5) is 11.6. The number of anilines is 1. The van der Waals surface area contributed by atoms with Crippen LogP contribution in [0.15, 0.2) is 24.3 Å². The number of nitrogens with one attached hydrogen (secondary N) is 1. The largest absolute Gasteiger partial charge is 0.492 e. The van der Waals surface area contributed by atoms with Crippen molar-refractivity contribution in [2.45, 2.75) is 26.4 Å². The van der Waals surface area contributed by atoms with Gasteiger partial charge in [-0.3, -0.25) is 4.79 Å². The van der Waals surface area contributed by atoms with Gasteiger partial charge >= 0.3 is 0 Å². The van der Waals surface area contributed by atoms with E-state index >= 15 is 0 Å². The molecule has 0 aliphatic heterocycles. The van der Waals surface area contributed by atoms with Gasteiger partial charge in [0.05, 0.1) is 6.10 Å². The molecule has 5 nitrogen and oxygen atoms in total. The second-order valence-corrected chi connectivity index (χ2v) is 4.24. The van der Waals surface area contributed by atoms with E-state index in [0.717, 1.165) is 17.9 Å². The Bertz CT molecular complexity index is 379. The molecule has 0 saturated heterocycles. The van der Waals surface area contributed by atoms with Gasteiger partial charge in [-0.05, 0) is 37.6 Å². The molecular weight excluding hydrogens is 244 g/mol. The predicted octanol–water partition coefficient (Wildman–Crippen LogP) is 1.78. The first kappa shape index (κ1) is 15.5. The van der Waals surface area contributed by atoms with Crippen LogP contribution in [-0.4, -0.2) is 31.8 Å². The molecule has 0 radical (unpaired) electrons. The van der Waals surface area contributed by atoms with Crippen molar-refractivity contribution < 1.29 is 14.3 Å². The zero-order valence-corrected chi connectivity index (χ0v) is 11.5. The Kier molecular flexibility index (Phi) is 6.92.